The van der Waals surface area contributed by atoms with Crippen molar-refractivity contribution in [2.24, 2.45) is 0 Å². The van der Waals surface area contributed by atoms with Crippen LogP contribution in [0, 0.1) is 6.92 Å². The summed E-state index contributed by atoms with van der Waals surface area (Å²) in [5.74, 6) is 1.86. The Bertz CT molecular complexity index is 916. The Morgan fingerprint density at radius 2 is 1.69 bits per heavy atom. The Balaban J connectivity index is 1.86. The van der Waals surface area contributed by atoms with Crippen LogP contribution in [0.15, 0.2) is 73.3 Å². The second-order valence-electron chi connectivity index (χ2n) is 5.70. The van der Waals surface area contributed by atoms with E-state index in [0.717, 1.165) is 39.7 Å². The molecule has 0 atom stereocenters. The average Bonchev–Trinajstić information content (AvgIpc) is 2.67. The first-order valence-electron chi connectivity index (χ1n) is 8.36. The second kappa shape index (κ2) is 8.21. The summed E-state index contributed by atoms with van der Waals surface area (Å²) < 4.78 is 16.9. The third kappa shape index (κ3) is 4.03. The van der Waals surface area contributed by atoms with E-state index in [2.05, 4.69) is 6.58 Å². The summed E-state index contributed by atoms with van der Waals surface area (Å²) >= 11 is 0. The highest BCUT2D eigenvalue weighted by Gasteiger charge is 2.12. The molecule has 0 heterocycles. The number of rotatable bonds is 7. The number of hydrogen-bond acceptors (Lipinski definition) is 4. The fraction of sp³-hybridized carbons (Fsp3) is 0.136. The SMILES string of the molecule is C=CC(=O)OCCOc1c(C)cc(Oc2ccccc2)c2ccccc12. The summed E-state index contributed by atoms with van der Waals surface area (Å²) in [6, 6.07) is 19.5. The summed E-state index contributed by atoms with van der Waals surface area (Å²) in [5, 5.41) is 1.91. The lowest BCUT2D eigenvalue weighted by Gasteiger charge is -2.16. The second-order valence-corrected chi connectivity index (χ2v) is 5.70. The molecule has 0 fully saturated rings. The first-order chi connectivity index (χ1) is 12.7. The molecule has 4 nitrogen and oxygen atoms in total. The molecule has 0 amide bonds. The van der Waals surface area contributed by atoms with Gasteiger partial charge < -0.3 is 14.2 Å². The van der Waals surface area contributed by atoms with Crippen molar-refractivity contribution in [3.05, 3.63) is 78.9 Å². The number of ether oxygens (including phenoxy) is 3. The molecule has 3 aromatic rings. The minimum absolute atomic E-state index is 0.168. The van der Waals surface area contributed by atoms with Gasteiger partial charge in [-0.2, -0.15) is 0 Å². The smallest absolute Gasteiger partial charge is 0.330 e. The topological polar surface area (TPSA) is 44.8 Å². The number of fused-ring (bicyclic) bond motifs is 1. The average molecular weight is 348 g/mol. The zero-order valence-corrected chi connectivity index (χ0v) is 14.6. The van der Waals surface area contributed by atoms with Crippen molar-refractivity contribution in [2.75, 3.05) is 13.2 Å². The molecule has 0 bridgehead atoms. The molecule has 0 saturated carbocycles. The molecular formula is C22H20O4. The highest BCUT2D eigenvalue weighted by Crippen LogP contribution is 2.38. The number of esters is 1. The van der Waals surface area contributed by atoms with Gasteiger partial charge in [0.25, 0.3) is 0 Å². The lowest BCUT2D eigenvalue weighted by atomic mass is 10.0. The van der Waals surface area contributed by atoms with Gasteiger partial charge in [-0.15, -0.1) is 0 Å². The monoisotopic (exact) mass is 348 g/mol. The standard InChI is InChI=1S/C22H20O4/c1-3-21(23)24-13-14-25-22-16(2)15-20(18-11-7-8-12-19(18)22)26-17-9-5-4-6-10-17/h3-12,15H,1,13-14H2,2H3. The molecule has 0 saturated heterocycles. The van der Waals surface area contributed by atoms with Crippen LogP contribution in [0.4, 0.5) is 0 Å². The summed E-state index contributed by atoms with van der Waals surface area (Å²) in [6.07, 6.45) is 1.14. The van der Waals surface area contributed by atoms with E-state index in [1.165, 1.54) is 0 Å². The molecule has 0 aliphatic rings. The van der Waals surface area contributed by atoms with Crippen LogP contribution in [0.3, 0.4) is 0 Å². The number of carbonyl (C=O) groups excluding carboxylic acids is 1. The Kier molecular flexibility index (Phi) is 5.54. The molecule has 0 unspecified atom stereocenters. The molecule has 3 aromatic carbocycles. The first-order valence-corrected chi connectivity index (χ1v) is 8.36. The Hall–Kier alpha value is -3.27. The normalized spacial score (nSPS) is 10.3. The van der Waals surface area contributed by atoms with E-state index in [1.807, 2.05) is 67.6 Å². The molecule has 0 aliphatic heterocycles. The fourth-order valence-corrected chi connectivity index (χ4v) is 2.68. The van der Waals surface area contributed by atoms with Crippen LogP contribution in [0.1, 0.15) is 5.56 Å². The number of benzene rings is 3. The third-order valence-electron chi connectivity index (χ3n) is 3.85. The number of aryl methyl sites for hydroxylation is 1. The lowest BCUT2D eigenvalue weighted by molar-refractivity contribution is -0.138. The Morgan fingerprint density at radius 1 is 1.00 bits per heavy atom. The van der Waals surface area contributed by atoms with Gasteiger partial charge in [0.1, 0.15) is 30.5 Å². The Labute approximate surface area is 152 Å². The predicted molar refractivity (Wildman–Crippen MR) is 102 cm³/mol. The summed E-state index contributed by atoms with van der Waals surface area (Å²) in [7, 11) is 0. The molecule has 0 N–H and O–H groups in total. The highest BCUT2D eigenvalue weighted by atomic mass is 16.6. The maximum absolute atomic E-state index is 11.1. The van der Waals surface area contributed by atoms with Gasteiger partial charge in [0.2, 0.25) is 0 Å². The van der Waals surface area contributed by atoms with Gasteiger partial charge in [-0.3, -0.25) is 0 Å². The van der Waals surface area contributed by atoms with Crippen LogP contribution < -0.4 is 9.47 Å². The lowest BCUT2D eigenvalue weighted by Crippen LogP contribution is -2.10. The van der Waals surface area contributed by atoms with E-state index in [-0.39, 0.29) is 13.2 Å². The van der Waals surface area contributed by atoms with Crippen molar-refractivity contribution in [1.82, 2.24) is 0 Å². The van der Waals surface area contributed by atoms with E-state index < -0.39 is 5.97 Å². The van der Waals surface area contributed by atoms with Gasteiger partial charge in [-0.25, -0.2) is 4.79 Å². The van der Waals surface area contributed by atoms with Gasteiger partial charge in [0, 0.05) is 16.8 Å². The quantitative estimate of drug-likeness (QED) is 0.340. The van der Waals surface area contributed by atoms with Crippen molar-refractivity contribution in [3.63, 3.8) is 0 Å². The molecule has 0 aliphatic carbocycles. The molecule has 26 heavy (non-hydrogen) atoms. The van der Waals surface area contributed by atoms with Gasteiger partial charge in [0.15, 0.2) is 0 Å². The van der Waals surface area contributed by atoms with Gasteiger partial charge in [-0.1, -0.05) is 49.0 Å². The van der Waals surface area contributed by atoms with Gasteiger partial charge >= 0.3 is 5.97 Å². The predicted octanol–water partition coefficient (Wildman–Crippen LogP) is 5.05. The first kappa shape index (κ1) is 17.5. The zero-order chi connectivity index (χ0) is 18.4. The van der Waals surface area contributed by atoms with Crippen molar-refractivity contribution >= 4 is 16.7 Å². The van der Waals surface area contributed by atoms with E-state index in [0.29, 0.717) is 0 Å². The minimum Gasteiger partial charge on any atom is -0.489 e. The largest absolute Gasteiger partial charge is 0.489 e. The van der Waals surface area contributed by atoms with Crippen LogP contribution in [0.5, 0.6) is 17.2 Å². The van der Waals surface area contributed by atoms with Crippen molar-refractivity contribution in [1.29, 1.82) is 0 Å². The van der Waals surface area contributed by atoms with E-state index in [9.17, 15) is 4.79 Å². The highest BCUT2D eigenvalue weighted by molar-refractivity contribution is 5.94. The molecule has 0 aromatic heterocycles. The van der Waals surface area contributed by atoms with Gasteiger partial charge in [-0.05, 0) is 30.7 Å². The van der Waals surface area contributed by atoms with Crippen LogP contribution >= 0.6 is 0 Å². The van der Waals surface area contributed by atoms with Crippen molar-refractivity contribution in [3.8, 4) is 17.2 Å². The summed E-state index contributed by atoms with van der Waals surface area (Å²) in [6.45, 7) is 5.77. The maximum atomic E-state index is 11.1. The number of para-hydroxylation sites is 1. The molecule has 0 radical (unpaired) electrons. The van der Waals surface area contributed by atoms with E-state index >= 15 is 0 Å². The van der Waals surface area contributed by atoms with Gasteiger partial charge in [0.05, 0.1) is 0 Å². The van der Waals surface area contributed by atoms with Crippen LogP contribution in [-0.2, 0) is 9.53 Å². The Morgan fingerprint density at radius 3 is 2.42 bits per heavy atom. The molecule has 3 rings (SSSR count). The fourth-order valence-electron chi connectivity index (χ4n) is 2.68. The minimum atomic E-state index is -0.457. The third-order valence-corrected chi connectivity index (χ3v) is 3.85. The molecule has 4 heteroatoms. The van der Waals surface area contributed by atoms with E-state index in [1.54, 1.807) is 0 Å². The summed E-state index contributed by atoms with van der Waals surface area (Å²) in [4.78, 5) is 11.1. The van der Waals surface area contributed by atoms with E-state index in [4.69, 9.17) is 14.2 Å². The molecular weight excluding hydrogens is 328 g/mol. The van der Waals surface area contributed by atoms with Crippen LogP contribution in [-0.4, -0.2) is 19.2 Å². The number of carbonyl (C=O) groups is 1. The van der Waals surface area contributed by atoms with Crippen LogP contribution in [0.2, 0.25) is 0 Å². The molecule has 0 spiro atoms. The zero-order valence-electron chi connectivity index (χ0n) is 14.6. The molecule has 132 valence electrons. The van der Waals surface area contributed by atoms with Crippen molar-refractivity contribution in [2.45, 2.75) is 6.92 Å². The maximum Gasteiger partial charge on any atom is 0.330 e. The van der Waals surface area contributed by atoms with Crippen LogP contribution in [0.25, 0.3) is 10.8 Å². The van der Waals surface area contributed by atoms with Crippen molar-refractivity contribution < 1.29 is 19.0 Å². The number of hydrogen-bond donors (Lipinski definition) is 0. The summed E-state index contributed by atoms with van der Waals surface area (Å²) in [5.41, 5.74) is 0.949.